The molecule has 0 aliphatic heterocycles. The predicted octanol–water partition coefficient (Wildman–Crippen LogP) is 2.94. The van der Waals surface area contributed by atoms with Gasteiger partial charge in [0, 0.05) is 11.1 Å². The lowest BCUT2D eigenvalue weighted by Gasteiger charge is -2.14. The summed E-state index contributed by atoms with van der Waals surface area (Å²) in [5, 5.41) is 13.1. The molecular weight excluding hydrogens is 356 g/mol. The van der Waals surface area contributed by atoms with Gasteiger partial charge >= 0.3 is 0 Å². The lowest BCUT2D eigenvalue weighted by molar-refractivity contribution is 0.102. The molecule has 0 aliphatic rings. The maximum Gasteiger partial charge on any atom is 0.295 e. The van der Waals surface area contributed by atoms with Crippen molar-refractivity contribution in [3.63, 3.8) is 0 Å². The van der Waals surface area contributed by atoms with Gasteiger partial charge in [-0.25, -0.2) is 0 Å². The van der Waals surface area contributed by atoms with Crippen LogP contribution in [0, 0.1) is 6.92 Å². The number of benzene rings is 3. The zero-order valence-electron chi connectivity index (χ0n) is 13.7. The summed E-state index contributed by atoms with van der Waals surface area (Å²) in [6, 6.07) is 11.9. The van der Waals surface area contributed by atoms with Gasteiger partial charge in [0.25, 0.3) is 16.0 Å². The molecule has 7 nitrogen and oxygen atoms in total. The van der Waals surface area contributed by atoms with E-state index >= 15 is 0 Å². The van der Waals surface area contributed by atoms with Crippen LogP contribution in [0.4, 0.5) is 11.4 Å². The number of amides is 1. The molecule has 0 saturated carbocycles. The highest BCUT2D eigenvalue weighted by Crippen LogP contribution is 2.37. The second-order valence-electron chi connectivity index (χ2n) is 5.83. The number of rotatable bonds is 3. The number of aryl methyl sites for hydroxylation is 1. The minimum absolute atomic E-state index is 0.00836. The van der Waals surface area contributed by atoms with Gasteiger partial charge < -0.3 is 16.2 Å². The van der Waals surface area contributed by atoms with Crippen molar-refractivity contribution in [2.45, 2.75) is 11.8 Å². The van der Waals surface area contributed by atoms with E-state index < -0.39 is 20.9 Å². The first-order valence-corrected chi connectivity index (χ1v) is 9.02. The van der Waals surface area contributed by atoms with Crippen LogP contribution >= 0.6 is 0 Å². The van der Waals surface area contributed by atoms with E-state index in [1.54, 1.807) is 18.2 Å². The number of fused-ring (bicyclic) bond motifs is 1. The van der Waals surface area contributed by atoms with Crippen molar-refractivity contribution >= 4 is 38.2 Å². The lowest BCUT2D eigenvalue weighted by Crippen LogP contribution is -2.15. The Balaban J connectivity index is 2.18. The number of phenols is 1. The molecular formula is C18H16N2O5S. The first-order chi connectivity index (χ1) is 12.2. The predicted molar refractivity (Wildman–Crippen MR) is 99.0 cm³/mol. The van der Waals surface area contributed by atoms with Crippen molar-refractivity contribution in [3.05, 3.63) is 59.7 Å². The van der Waals surface area contributed by atoms with Gasteiger partial charge in [-0.05, 0) is 42.1 Å². The monoisotopic (exact) mass is 372 g/mol. The topological polar surface area (TPSA) is 130 Å². The molecule has 5 N–H and O–H groups in total. The van der Waals surface area contributed by atoms with E-state index in [2.05, 4.69) is 5.32 Å². The smallest absolute Gasteiger partial charge is 0.295 e. The standard InChI is InChI=1S/C18H16N2O5S/c1-10-5-7-12(13(19)9-10)18(22)20-17-14(21)8-6-11-3-2-4-15(16(11)17)26(23,24)25/h2-9,21H,19H2,1H3,(H,20,22)(H,23,24,25). The van der Waals surface area contributed by atoms with Crippen molar-refractivity contribution in [2.75, 3.05) is 11.1 Å². The summed E-state index contributed by atoms with van der Waals surface area (Å²) >= 11 is 0. The second-order valence-corrected chi connectivity index (χ2v) is 7.22. The van der Waals surface area contributed by atoms with Crippen molar-refractivity contribution in [1.82, 2.24) is 0 Å². The molecule has 0 atom stereocenters. The third-order valence-electron chi connectivity index (χ3n) is 3.95. The molecule has 26 heavy (non-hydrogen) atoms. The van der Waals surface area contributed by atoms with Crippen LogP contribution in [0.15, 0.2) is 53.4 Å². The SMILES string of the molecule is Cc1ccc(C(=O)Nc2c(O)ccc3cccc(S(=O)(=O)O)c23)c(N)c1. The summed E-state index contributed by atoms with van der Waals surface area (Å²) in [5.74, 6) is -0.955. The van der Waals surface area contributed by atoms with E-state index in [0.29, 0.717) is 5.39 Å². The number of hydrogen-bond donors (Lipinski definition) is 4. The van der Waals surface area contributed by atoms with E-state index in [-0.39, 0.29) is 28.1 Å². The molecule has 0 heterocycles. The van der Waals surface area contributed by atoms with Gasteiger partial charge in [0.2, 0.25) is 0 Å². The van der Waals surface area contributed by atoms with Crippen LogP contribution in [0.25, 0.3) is 10.8 Å². The van der Waals surface area contributed by atoms with E-state index in [1.165, 1.54) is 30.3 Å². The fraction of sp³-hybridized carbons (Fsp3) is 0.0556. The second kappa shape index (κ2) is 6.32. The molecule has 3 aromatic rings. The Morgan fingerprint density at radius 3 is 2.50 bits per heavy atom. The van der Waals surface area contributed by atoms with Gasteiger partial charge in [-0.15, -0.1) is 0 Å². The summed E-state index contributed by atoms with van der Waals surface area (Å²) in [6.07, 6.45) is 0. The molecule has 0 radical (unpaired) electrons. The van der Waals surface area contributed by atoms with Crippen LogP contribution in [-0.4, -0.2) is 24.0 Å². The normalized spacial score (nSPS) is 11.5. The summed E-state index contributed by atoms with van der Waals surface area (Å²) < 4.78 is 32.9. The zero-order valence-corrected chi connectivity index (χ0v) is 14.5. The molecule has 3 rings (SSSR count). The number of phenolic OH excluding ortho intramolecular Hbond substituents is 1. The quantitative estimate of drug-likeness (QED) is 0.318. The third-order valence-corrected chi connectivity index (χ3v) is 4.85. The molecule has 0 spiro atoms. The van der Waals surface area contributed by atoms with Crippen molar-refractivity contribution in [3.8, 4) is 5.75 Å². The average molecular weight is 372 g/mol. The van der Waals surface area contributed by atoms with Crippen molar-refractivity contribution < 1.29 is 22.9 Å². The number of nitrogens with two attached hydrogens (primary N) is 1. The van der Waals surface area contributed by atoms with Gasteiger partial charge in [-0.1, -0.05) is 24.3 Å². The Hall–Kier alpha value is -3.10. The lowest BCUT2D eigenvalue weighted by atomic mass is 10.1. The number of hydrogen-bond acceptors (Lipinski definition) is 5. The number of nitrogens with one attached hydrogen (secondary N) is 1. The highest BCUT2D eigenvalue weighted by Gasteiger charge is 2.21. The van der Waals surface area contributed by atoms with Gasteiger partial charge in [-0.2, -0.15) is 8.42 Å². The summed E-state index contributed by atoms with van der Waals surface area (Å²) in [4.78, 5) is 12.2. The molecule has 8 heteroatoms. The maximum atomic E-state index is 12.6. The van der Waals surface area contributed by atoms with E-state index in [4.69, 9.17) is 5.73 Å². The Morgan fingerprint density at radius 1 is 1.12 bits per heavy atom. The number of carbonyl (C=O) groups excluding carboxylic acids is 1. The zero-order chi connectivity index (χ0) is 19.1. The van der Waals surface area contributed by atoms with Gasteiger partial charge in [0.15, 0.2) is 0 Å². The molecule has 0 aliphatic carbocycles. The molecule has 0 fully saturated rings. The fourth-order valence-electron chi connectivity index (χ4n) is 2.75. The van der Waals surface area contributed by atoms with Crippen LogP contribution in [0.1, 0.15) is 15.9 Å². The third kappa shape index (κ3) is 3.19. The molecule has 1 amide bonds. The Kier molecular flexibility index (Phi) is 4.31. The molecule has 0 saturated heterocycles. The largest absolute Gasteiger partial charge is 0.506 e. The number of carbonyl (C=O) groups is 1. The first kappa shape index (κ1) is 17.7. The van der Waals surface area contributed by atoms with E-state index in [9.17, 15) is 22.9 Å². The van der Waals surface area contributed by atoms with Gasteiger partial charge in [-0.3, -0.25) is 9.35 Å². The summed E-state index contributed by atoms with van der Waals surface area (Å²) in [6.45, 7) is 1.83. The maximum absolute atomic E-state index is 12.6. The summed E-state index contributed by atoms with van der Waals surface area (Å²) in [5.41, 5.74) is 7.04. The van der Waals surface area contributed by atoms with Crippen molar-refractivity contribution in [2.24, 2.45) is 0 Å². The molecule has 0 unspecified atom stereocenters. The highest BCUT2D eigenvalue weighted by molar-refractivity contribution is 7.86. The summed E-state index contributed by atoms with van der Waals surface area (Å²) in [7, 11) is -4.57. The minimum Gasteiger partial charge on any atom is -0.506 e. The van der Waals surface area contributed by atoms with Crippen LogP contribution in [-0.2, 0) is 10.1 Å². The number of aromatic hydroxyl groups is 1. The molecule has 0 bridgehead atoms. The highest BCUT2D eigenvalue weighted by atomic mass is 32.2. The average Bonchev–Trinajstić information content (AvgIpc) is 2.55. The van der Waals surface area contributed by atoms with Crippen LogP contribution in [0.2, 0.25) is 0 Å². The van der Waals surface area contributed by atoms with Crippen LogP contribution in [0.5, 0.6) is 5.75 Å². The Bertz CT molecular complexity index is 1140. The number of anilines is 2. The van der Waals surface area contributed by atoms with Crippen molar-refractivity contribution in [1.29, 1.82) is 0 Å². The van der Waals surface area contributed by atoms with Gasteiger partial charge in [0.1, 0.15) is 10.6 Å². The Morgan fingerprint density at radius 2 is 1.85 bits per heavy atom. The van der Waals surface area contributed by atoms with E-state index in [0.717, 1.165) is 5.56 Å². The Labute approximate surface area is 149 Å². The van der Waals surface area contributed by atoms with E-state index in [1.807, 2.05) is 6.92 Å². The fourth-order valence-corrected chi connectivity index (χ4v) is 3.47. The van der Waals surface area contributed by atoms with Crippen LogP contribution in [0.3, 0.4) is 0 Å². The first-order valence-electron chi connectivity index (χ1n) is 7.58. The van der Waals surface area contributed by atoms with Crippen LogP contribution < -0.4 is 11.1 Å². The molecule has 0 aromatic heterocycles. The number of nitrogen functional groups attached to an aromatic ring is 1. The molecule has 3 aromatic carbocycles. The van der Waals surface area contributed by atoms with Gasteiger partial charge in [0.05, 0.1) is 11.3 Å². The minimum atomic E-state index is -4.57. The molecule has 134 valence electrons.